The number of amides is 1. The number of nitrogens with zero attached hydrogens (tertiary/aromatic N) is 5. The largest absolute Gasteiger partial charge is 0.471 e. The van der Waals surface area contributed by atoms with Gasteiger partial charge in [0.05, 0.1) is 12.1 Å². The number of alkyl halides is 3. The molecule has 0 saturated carbocycles. The molecule has 2 aromatic carbocycles. The summed E-state index contributed by atoms with van der Waals surface area (Å²) < 4.78 is 46.6. The summed E-state index contributed by atoms with van der Waals surface area (Å²) in [6.45, 7) is 2.34. The van der Waals surface area contributed by atoms with Gasteiger partial charge in [0.2, 0.25) is 5.95 Å². The van der Waals surface area contributed by atoms with Gasteiger partial charge in [-0.15, -0.1) is 5.10 Å². The van der Waals surface area contributed by atoms with Crippen LogP contribution in [0.2, 0.25) is 0 Å². The SMILES string of the molecule is Cc1ccc(Cn2cnc(NC(=O)c3ccn(COc4cccc(C(F)(F)F)c4)n3)n2)cc1. The van der Waals surface area contributed by atoms with E-state index in [1.165, 1.54) is 35.4 Å². The van der Waals surface area contributed by atoms with Gasteiger partial charge in [-0.3, -0.25) is 10.1 Å². The second kappa shape index (κ2) is 9.15. The van der Waals surface area contributed by atoms with Gasteiger partial charge in [-0.25, -0.2) is 14.3 Å². The van der Waals surface area contributed by atoms with Gasteiger partial charge in [0.25, 0.3) is 5.91 Å². The number of hydrogen-bond donors (Lipinski definition) is 1. The summed E-state index contributed by atoms with van der Waals surface area (Å²) in [5.74, 6) is -0.363. The summed E-state index contributed by atoms with van der Waals surface area (Å²) in [6.07, 6.45) is -1.47. The lowest BCUT2D eigenvalue weighted by molar-refractivity contribution is -0.137. The first-order valence-electron chi connectivity index (χ1n) is 9.86. The summed E-state index contributed by atoms with van der Waals surface area (Å²) in [7, 11) is 0. The van der Waals surface area contributed by atoms with Crippen LogP contribution in [0.4, 0.5) is 19.1 Å². The van der Waals surface area contributed by atoms with Gasteiger partial charge < -0.3 is 4.74 Å². The maximum atomic E-state index is 12.8. The van der Waals surface area contributed by atoms with Gasteiger partial charge in [0.1, 0.15) is 12.1 Å². The minimum atomic E-state index is -4.46. The van der Waals surface area contributed by atoms with E-state index in [4.69, 9.17) is 4.74 Å². The fraction of sp³-hybridized carbons (Fsp3) is 0.182. The van der Waals surface area contributed by atoms with Crippen LogP contribution in [0.3, 0.4) is 0 Å². The second-order valence-electron chi connectivity index (χ2n) is 7.24. The molecule has 0 aliphatic carbocycles. The molecule has 4 rings (SSSR count). The average molecular weight is 456 g/mol. The van der Waals surface area contributed by atoms with E-state index >= 15 is 0 Å². The highest BCUT2D eigenvalue weighted by Gasteiger charge is 2.30. The van der Waals surface area contributed by atoms with Gasteiger partial charge in [-0.1, -0.05) is 35.9 Å². The number of aryl methyl sites for hydroxylation is 1. The van der Waals surface area contributed by atoms with Crippen molar-refractivity contribution in [3.8, 4) is 5.75 Å². The van der Waals surface area contributed by atoms with E-state index in [0.717, 1.165) is 23.3 Å². The highest BCUT2D eigenvalue weighted by molar-refractivity contribution is 6.01. The van der Waals surface area contributed by atoms with Crippen molar-refractivity contribution in [2.45, 2.75) is 26.4 Å². The summed E-state index contributed by atoms with van der Waals surface area (Å²) in [4.78, 5) is 16.5. The zero-order valence-electron chi connectivity index (χ0n) is 17.5. The van der Waals surface area contributed by atoms with Crippen molar-refractivity contribution in [3.05, 3.63) is 89.5 Å². The molecule has 0 atom stereocenters. The molecule has 4 aromatic rings. The van der Waals surface area contributed by atoms with Crippen molar-refractivity contribution in [3.63, 3.8) is 0 Å². The van der Waals surface area contributed by atoms with Crippen molar-refractivity contribution < 1.29 is 22.7 Å². The Kier molecular flexibility index (Phi) is 6.11. The van der Waals surface area contributed by atoms with Crippen LogP contribution < -0.4 is 10.1 Å². The molecule has 0 fully saturated rings. The summed E-state index contributed by atoms with van der Waals surface area (Å²) in [6, 6.07) is 14.0. The Balaban J connectivity index is 1.33. The minimum absolute atomic E-state index is 0.0367. The maximum Gasteiger partial charge on any atom is 0.416 e. The van der Waals surface area contributed by atoms with Gasteiger partial charge >= 0.3 is 6.18 Å². The molecule has 0 radical (unpaired) electrons. The molecule has 11 heteroatoms. The monoisotopic (exact) mass is 456 g/mol. The molecular weight excluding hydrogens is 437 g/mol. The maximum absolute atomic E-state index is 12.8. The van der Waals surface area contributed by atoms with E-state index in [1.807, 2.05) is 31.2 Å². The predicted octanol–water partition coefficient (Wildman–Crippen LogP) is 4.14. The second-order valence-corrected chi connectivity index (χ2v) is 7.24. The van der Waals surface area contributed by atoms with Crippen molar-refractivity contribution in [1.82, 2.24) is 24.5 Å². The van der Waals surface area contributed by atoms with Gasteiger partial charge in [0, 0.05) is 6.20 Å². The van der Waals surface area contributed by atoms with E-state index in [9.17, 15) is 18.0 Å². The molecule has 0 bridgehead atoms. The third-order valence-corrected chi connectivity index (χ3v) is 4.63. The number of carbonyl (C=O) groups excluding carboxylic acids is 1. The number of halogens is 3. The van der Waals surface area contributed by atoms with Crippen LogP contribution >= 0.6 is 0 Å². The Morgan fingerprint density at radius 3 is 2.61 bits per heavy atom. The lowest BCUT2D eigenvalue weighted by Gasteiger charge is -2.10. The van der Waals surface area contributed by atoms with Crippen molar-refractivity contribution in [2.24, 2.45) is 0 Å². The lowest BCUT2D eigenvalue weighted by Crippen LogP contribution is -2.15. The Morgan fingerprint density at radius 2 is 1.85 bits per heavy atom. The highest BCUT2D eigenvalue weighted by atomic mass is 19.4. The highest BCUT2D eigenvalue weighted by Crippen LogP contribution is 2.31. The molecule has 33 heavy (non-hydrogen) atoms. The van der Waals surface area contributed by atoms with E-state index in [2.05, 4.69) is 20.5 Å². The Labute approximate surface area is 186 Å². The number of hydrogen-bond acceptors (Lipinski definition) is 5. The number of aromatic nitrogens is 5. The quantitative estimate of drug-likeness (QED) is 0.452. The fourth-order valence-corrected chi connectivity index (χ4v) is 2.93. The third kappa shape index (κ3) is 5.76. The molecule has 0 saturated heterocycles. The average Bonchev–Trinajstić information content (AvgIpc) is 3.43. The third-order valence-electron chi connectivity index (χ3n) is 4.63. The van der Waals surface area contributed by atoms with E-state index in [-0.39, 0.29) is 24.1 Å². The molecule has 1 amide bonds. The zero-order valence-corrected chi connectivity index (χ0v) is 17.5. The molecular formula is C22H19F3N6O2. The molecule has 2 aromatic heterocycles. The first-order chi connectivity index (χ1) is 15.8. The first kappa shape index (κ1) is 22.1. The van der Waals surface area contributed by atoms with E-state index in [0.29, 0.717) is 6.54 Å². The minimum Gasteiger partial charge on any atom is -0.471 e. The van der Waals surface area contributed by atoms with Crippen LogP contribution in [0, 0.1) is 6.92 Å². The van der Waals surface area contributed by atoms with Gasteiger partial charge in [-0.05, 0) is 36.8 Å². The molecule has 0 spiro atoms. The zero-order chi connectivity index (χ0) is 23.4. The molecule has 0 unspecified atom stereocenters. The van der Waals surface area contributed by atoms with Gasteiger partial charge in [-0.2, -0.15) is 18.3 Å². The van der Waals surface area contributed by atoms with Crippen LogP contribution in [-0.2, 0) is 19.5 Å². The normalized spacial score (nSPS) is 11.4. The molecule has 2 heterocycles. The van der Waals surface area contributed by atoms with Crippen LogP contribution in [0.15, 0.2) is 67.1 Å². The number of rotatable bonds is 7. The summed E-state index contributed by atoms with van der Waals surface area (Å²) in [5, 5.41) is 10.9. The summed E-state index contributed by atoms with van der Waals surface area (Å²) >= 11 is 0. The number of anilines is 1. The smallest absolute Gasteiger partial charge is 0.416 e. The lowest BCUT2D eigenvalue weighted by atomic mass is 10.1. The van der Waals surface area contributed by atoms with Crippen LogP contribution in [0.1, 0.15) is 27.2 Å². The van der Waals surface area contributed by atoms with Crippen molar-refractivity contribution in [1.29, 1.82) is 0 Å². The number of benzene rings is 2. The Morgan fingerprint density at radius 1 is 1.06 bits per heavy atom. The predicted molar refractivity (Wildman–Crippen MR) is 113 cm³/mol. The topological polar surface area (TPSA) is 86.9 Å². The van der Waals surface area contributed by atoms with Crippen molar-refractivity contribution in [2.75, 3.05) is 5.32 Å². The van der Waals surface area contributed by atoms with Crippen molar-refractivity contribution >= 4 is 11.9 Å². The number of carbonyl (C=O) groups is 1. The standard InChI is InChI=1S/C22H19F3N6O2/c1-15-5-7-16(8-6-15)12-31-13-26-21(29-31)27-20(32)19-9-10-30(28-19)14-33-18-4-2-3-17(11-18)22(23,24)25/h2-11,13H,12,14H2,1H3,(H,27,29,32). The molecule has 1 N–H and O–H groups in total. The summed E-state index contributed by atoms with van der Waals surface area (Å²) in [5.41, 5.74) is 1.47. The molecule has 8 nitrogen and oxygen atoms in total. The molecule has 170 valence electrons. The fourth-order valence-electron chi connectivity index (χ4n) is 2.93. The van der Waals surface area contributed by atoms with Crippen LogP contribution in [-0.4, -0.2) is 30.5 Å². The number of ether oxygens (including phenoxy) is 1. The van der Waals surface area contributed by atoms with E-state index in [1.54, 1.807) is 4.68 Å². The van der Waals surface area contributed by atoms with Crippen LogP contribution in [0.5, 0.6) is 5.75 Å². The molecule has 0 aliphatic heterocycles. The van der Waals surface area contributed by atoms with Crippen LogP contribution in [0.25, 0.3) is 0 Å². The molecule has 0 aliphatic rings. The Bertz CT molecular complexity index is 1250. The first-order valence-corrected chi connectivity index (χ1v) is 9.86. The number of nitrogens with one attached hydrogen (secondary N) is 1. The van der Waals surface area contributed by atoms with Gasteiger partial charge in [0.15, 0.2) is 12.4 Å². The Hall–Kier alpha value is -4.15. The van der Waals surface area contributed by atoms with E-state index < -0.39 is 17.6 Å².